The van der Waals surface area contributed by atoms with Crippen LogP contribution in [0.4, 0.5) is 0 Å². The lowest BCUT2D eigenvalue weighted by atomic mass is 9.78. The van der Waals surface area contributed by atoms with Gasteiger partial charge < -0.3 is 52.1 Å². The first kappa shape index (κ1) is 36.8. The Balaban J connectivity index is 1.48. The zero-order valence-electron chi connectivity index (χ0n) is 30.9. The predicted octanol–water partition coefficient (Wildman–Crippen LogP) is 5.20. The first-order chi connectivity index (χ1) is 21.2. The second-order valence-corrected chi connectivity index (χ2v) is 15.9. The molecule has 46 heavy (non-hydrogen) atoms. The van der Waals surface area contributed by atoms with Crippen molar-refractivity contribution in [3.8, 4) is 0 Å². The van der Waals surface area contributed by atoms with Gasteiger partial charge in [0.05, 0.1) is 37.1 Å². The van der Waals surface area contributed by atoms with Crippen molar-refractivity contribution in [2.45, 2.75) is 186 Å². The van der Waals surface area contributed by atoms with Crippen molar-refractivity contribution < 1.29 is 52.1 Å². The van der Waals surface area contributed by atoms with Gasteiger partial charge in [-0.25, -0.2) is 0 Å². The highest BCUT2D eigenvalue weighted by atomic mass is 16.8. The molecule has 5 rings (SSSR count). The van der Waals surface area contributed by atoms with E-state index in [1.54, 1.807) is 14.2 Å². The van der Waals surface area contributed by atoms with Crippen LogP contribution in [0.15, 0.2) is 0 Å². The quantitative estimate of drug-likeness (QED) is 0.376. The summed E-state index contributed by atoms with van der Waals surface area (Å²) in [5, 5.41) is 0. The molecular formula is C35H62O11. The molecule has 16 atom stereocenters. The molecule has 0 bridgehead atoms. The Morgan fingerprint density at radius 2 is 1.17 bits per heavy atom. The second kappa shape index (κ2) is 12.7. The van der Waals surface area contributed by atoms with Gasteiger partial charge in [-0.15, -0.1) is 0 Å². The summed E-state index contributed by atoms with van der Waals surface area (Å²) in [5.74, 6) is -1.84. The molecule has 0 aromatic heterocycles. The van der Waals surface area contributed by atoms with Gasteiger partial charge in [0, 0.05) is 38.4 Å². The Labute approximate surface area is 276 Å². The molecule has 268 valence electrons. The molecule has 5 aliphatic rings. The summed E-state index contributed by atoms with van der Waals surface area (Å²) in [5.41, 5.74) is -2.21. The molecule has 1 spiro atoms. The number of methoxy groups -OCH3 is 2. The van der Waals surface area contributed by atoms with Gasteiger partial charge in [-0.2, -0.15) is 0 Å². The summed E-state index contributed by atoms with van der Waals surface area (Å²) in [7, 11) is 3.28. The maximum atomic E-state index is 7.06. The average Bonchev–Trinajstić information content (AvgIpc) is 2.97. The zero-order chi connectivity index (χ0) is 34.2. The van der Waals surface area contributed by atoms with E-state index in [4.69, 9.17) is 52.1 Å². The molecule has 11 heteroatoms. The van der Waals surface area contributed by atoms with E-state index < -0.39 is 59.3 Å². The van der Waals surface area contributed by atoms with Crippen molar-refractivity contribution >= 4 is 0 Å². The van der Waals surface area contributed by atoms with Crippen LogP contribution in [0.5, 0.6) is 0 Å². The highest BCUT2D eigenvalue weighted by Crippen LogP contribution is 2.50. The Morgan fingerprint density at radius 3 is 1.74 bits per heavy atom. The van der Waals surface area contributed by atoms with E-state index in [1.165, 1.54) is 0 Å². The summed E-state index contributed by atoms with van der Waals surface area (Å²) in [6.45, 7) is 26.8. The van der Waals surface area contributed by atoms with Crippen molar-refractivity contribution in [2.75, 3.05) is 20.8 Å². The van der Waals surface area contributed by atoms with Gasteiger partial charge in [-0.05, 0) is 69.2 Å². The van der Waals surface area contributed by atoms with Crippen LogP contribution in [0.3, 0.4) is 0 Å². The lowest BCUT2D eigenvalue weighted by Gasteiger charge is -2.60. The van der Waals surface area contributed by atoms with Crippen molar-refractivity contribution in [1.82, 2.24) is 0 Å². The maximum absolute atomic E-state index is 7.06. The van der Waals surface area contributed by atoms with Crippen LogP contribution in [-0.4, -0.2) is 111 Å². The number of fused-ring (bicyclic) bond motifs is 1. The largest absolute Gasteiger partial charge is 0.375 e. The normalized spacial score (nSPS) is 53.9. The highest BCUT2D eigenvalue weighted by Gasteiger charge is 2.63. The van der Waals surface area contributed by atoms with Crippen LogP contribution in [-0.2, 0) is 52.1 Å². The lowest BCUT2D eigenvalue weighted by molar-refractivity contribution is -0.451. The Kier molecular flexibility index (Phi) is 10.2. The topological polar surface area (TPSA) is 102 Å². The molecule has 10 unspecified atom stereocenters. The van der Waals surface area contributed by atoms with Crippen molar-refractivity contribution in [1.29, 1.82) is 0 Å². The van der Waals surface area contributed by atoms with Gasteiger partial charge in [0.25, 0.3) is 0 Å². The summed E-state index contributed by atoms with van der Waals surface area (Å²) in [6, 6.07) is 0. The standard InChI is InChI=1S/C35H62O11/c1-18-16-35(17-38-33(12,36-14)32(10,11)46-35)21(4)29(39-18)43-28-27-26(45-34(13,37-15)31(8,9)44-27)24(7)41-30(28)42-25-19(2)22(5)40-23(6)20(25)3/h18-30H,16-17H2,1-15H3/t18?,19-,20?,21?,22?,23-,24?,25?,26?,27-,28?,29-,30-,33?,34?,35+/m0/s1. The SMILES string of the molecule is COC1(C)OC[C@@]2(CC(C)O[C@@H](OC3[C@H](OC4C(C)[C@H](C)OC(C)[C@@H]4C)OC(C)C4OC(C)(OC)C(C)(C)O[C@@H]43)C2C)OC1(C)C. The number of hydrogen-bond acceptors (Lipinski definition) is 11. The number of rotatable bonds is 6. The molecule has 0 aromatic carbocycles. The van der Waals surface area contributed by atoms with E-state index in [0.29, 0.717) is 13.0 Å². The first-order valence-electron chi connectivity index (χ1n) is 17.3. The minimum atomic E-state index is -1.00. The van der Waals surface area contributed by atoms with Crippen molar-refractivity contribution in [3.63, 3.8) is 0 Å². The lowest BCUT2D eigenvalue weighted by Crippen LogP contribution is -2.73. The summed E-state index contributed by atoms with van der Waals surface area (Å²) in [6.07, 6.45) is -3.07. The molecule has 0 radical (unpaired) electrons. The minimum Gasteiger partial charge on any atom is -0.375 e. The summed E-state index contributed by atoms with van der Waals surface area (Å²) >= 11 is 0. The molecule has 0 amide bonds. The van der Waals surface area contributed by atoms with Crippen LogP contribution >= 0.6 is 0 Å². The van der Waals surface area contributed by atoms with E-state index in [1.807, 2.05) is 55.4 Å². The van der Waals surface area contributed by atoms with Crippen molar-refractivity contribution in [3.05, 3.63) is 0 Å². The third kappa shape index (κ3) is 6.12. The Morgan fingerprint density at radius 1 is 0.587 bits per heavy atom. The fraction of sp³-hybridized carbons (Fsp3) is 1.00. The predicted molar refractivity (Wildman–Crippen MR) is 169 cm³/mol. The van der Waals surface area contributed by atoms with Gasteiger partial charge in [-0.1, -0.05) is 20.8 Å². The number of ether oxygens (including phenoxy) is 11. The molecule has 11 nitrogen and oxygen atoms in total. The van der Waals surface area contributed by atoms with E-state index >= 15 is 0 Å². The molecular weight excluding hydrogens is 596 g/mol. The van der Waals surface area contributed by atoms with Crippen molar-refractivity contribution in [2.24, 2.45) is 17.8 Å². The molecule has 5 saturated heterocycles. The van der Waals surface area contributed by atoms with E-state index in [9.17, 15) is 0 Å². The summed E-state index contributed by atoms with van der Waals surface area (Å²) in [4.78, 5) is 0. The van der Waals surface area contributed by atoms with Crippen LogP contribution in [0.25, 0.3) is 0 Å². The molecule has 0 N–H and O–H groups in total. The van der Waals surface area contributed by atoms with Gasteiger partial charge in [0.1, 0.15) is 35.1 Å². The Hall–Kier alpha value is -0.440. The molecule has 5 aliphatic heterocycles. The average molecular weight is 659 g/mol. The second-order valence-electron chi connectivity index (χ2n) is 15.9. The number of hydrogen-bond donors (Lipinski definition) is 0. The fourth-order valence-corrected chi connectivity index (χ4v) is 7.98. The smallest absolute Gasteiger partial charge is 0.194 e. The van der Waals surface area contributed by atoms with Gasteiger partial charge >= 0.3 is 0 Å². The monoisotopic (exact) mass is 658 g/mol. The van der Waals surface area contributed by atoms with Crippen LogP contribution in [0.1, 0.15) is 96.4 Å². The van der Waals surface area contributed by atoms with Gasteiger partial charge in [0.2, 0.25) is 0 Å². The minimum absolute atomic E-state index is 0.0342. The van der Waals surface area contributed by atoms with Crippen LogP contribution in [0, 0.1) is 17.8 Å². The van der Waals surface area contributed by atoms with Gasteiger partial charge in [0.15, 0.2) is 24.2 Å². The molecule has 0 aliphatic carbocycles. The molecule has 5 fully saturated rings. The third-order valence-electron chi connectivity index (χ3n) is 12.3. The maximum Gasteiger partial charge on any atom is 0.194 e. The van der Waals surface area contributed by atoms with Gasteiger partial charge in [-0.3, -0.25) is 0 Å². The molecule has 0 aromatic rings. The van der Waals surface area contributed by atoms with E-state index in [0.717, 1.165) is 0 Å². The fourth-order valence-electron chi connectivity index (χ4n) is 7.98. The Bertz CT molecular complexity index is 1060. The first-order valence-corrected chi connectivity index (χ1v) is 17.3. The van der Waals surface area contributed by atoms with E-state index in [-0.39, 0.29) is 48.3 Å². The molecule has 0 saturated carbocycles. The highest BCUT2D eigenvalue weighted by molar-refractivity contribution is 5.05. The molecule has 5 heterocycles. The van der Waals surface area contributed by atoms with Crippen LogP contribution < -0.4 is 0 Å². The third-order valence-corrected chi connectivity index (χ3v) is 12.3. The van der Waals surface area contributed by atoms with Crippen LogP contribution in [0.2, 0.25) is 0 Å². The van der Waals surface area contributed by atoms with E-state index in [2.05, 4.69) is 34.6 Å². The zero-order valence-corrected chi connectivity index (χ0v) is 30.9. The summed E-state index contributed by atoms with van der Waals surface area (Å²) < 4.78 is 72.1.